The van der Waals surface area contributed by atoms with Gasteiger partial charge in [0.25, 0.3) is 0 Å². The van der Waals surface area contributed by atoms with E-state index in [0.29, 0.717) is 5.46 Å². The van der Waals surface area contributed by atoms with E-state index in [4.69, 9.17) is 0 Å². The molecule has 0 amide bonds. The van der Waals surface area contributed by atoms with Crippen LogP contribution in [0.2, 0.25) is 0 Å². The molecule has 0 saturated carbocycles. The lowest BCUT2D eigenvalue weighted by molar-refractivity contribution is 0.426. The first-order chi connectivity index (χ1) is 16.4. The van der Waals surface area contributed by atoms with Gasteiger partial charge in [-0.3, -0.25) is 0 Å². The molecule has 6 rings (SSSR count). The molecule has 0 spiro atoms. The lowest BCUT2D eigenvalue weighted by atomic mass is 9.75. The van der Waals surface area contributed by atoms with Gasteiger partial charge >= 0.3 is 7.12 Å². The van der Waals surface area contributed by atoms with Crippen molar-refractivity contribution in [2.75, 3.05) is 0 Å². The van der Waals surface area contributed by atoms with E-state index in [2.05, 4.69) is 86.6 Å². The highest BCUT2D eigenvalue weighted by atomic mass is 16.4. The van der Waals surface area contributed by atoms with E-state index >= 15 is 0 Å². The van der Waals surface area contributed by atoms with Crippen LogP contribution in [-0.2, 0) is 5.41 Å². The first-order valence-electron chi connectivity index (χ1n) is 11.7. The lowest BCUT2D eigenvalue weighted by Crippen LogP contribution is -2.30. The SMILES string of the molecule is CC1(C)c2cc(-c3ccccc3)ccc2-c2ccc(-c3ccc(B(O)O)c4ccccc34)cc21. The Kier molecular flexibility index (Phi) is 4.74. The fourth-order valence-electron chi connectivity index (χ4n) is 5.51. The van der Waals surface area contributed by atoms with Gasteiger partial charge in [0, 0.05) is 5.41 Å². The van der Waals surface area contributed by atoms with Crippen LogP contribution in [0.1, 0.15) is 25.0 Å². The number of hydrogen-bond donors (Lipinski definition) is 2. The van der Waals surface area contributed by atoms with E-state index < -0.39 is 7.12 Å². The summed E-state index contributed by atoms with van der Waals surface area (Å²) in [6, 6.07) is 35.9. The molecule has 0 bridgehead atoms. The Bertz CT molecular complexity index is 1550. The predicted molar refractivity (Wildman–Crippen MR) is 142 cm³/mol. The molecular weight excluding hydrogens is 415 g/mol. The third-order valence-corrected chi connectivity index (χ3v) is 7.33. The Balaban J connectivity index is 1.50. The quantitative estimate of drug-likeness (QED) is 0.330. The first kappa shape index (κ1) is 20.9. The van der Waals surface area contributed by atoms with Crippen molar-refractivity contribution in [3.05, 3.63) is 114 Å². The van der Waals surface area contributed by atoms with Crippen LogP contribution in [0.25, 0.3) is 44.2 Å². The standard InChI is InChI=1S/C31H25BO2/c1-31(2)28-18-21(20-8-4-3-5-9-20)12-14-25(28)26-15-13-22(19-29(26)31)23-16-17-30(32(33)34)27-11-7-6-10-24(23)27/h3-19,33-34H,1-2H3. The van der Waals surface area contributed by atoms with E-state index in [9.17, 15) is 10.0 Å². The Hall–Kier alpha value is -3.66. The van der Waals surface area contributed by atoms with E-state index in [1.54, 1.807) is 0 Å². The monoisotopic (exact) mass is 440 g/mol. The summed E-state index contributed by atoms with van der Waals surface area (Å²) in [5, 5.41) is 21.6. The molecule has 5 aromatic carbocycles. The smallest absolute Gasteiger partial charge is 0.423 e. The number of fused-ring (bicyclic) bond motifs is 4. The molecule has 0 fully saturated rings. The molecule has 2 N–H and O–H groups in total. The maximum Gasteiger partial charge on any atom is 0.489 e. The maximum atomic E-state index is 9.84. The molecule has 164 valence electrons. The van der Waals surface area contributed by atoms with Crippen molar-refractivity contribution in [1.82, 2.24) is 0 Å². The Labute approximate surface area is 200 Å². The van der Waals surface area contributed by atoms with E-state index in [0.717, 1.165) is 21.9 Å². The number of hydrogen-bond acceptors (Lipinski definition) is 2. The van der Waals surface area contributed by atoms with Gasteiger partial charge in [-0.25, -0.2) is 0 Å². The largest absolute Gasteiger partial charge is 0.489 e. The highest BCUT2D eigenvalue weighted by molar-refractivity contribution is 6.62. The van der Waals surface area contributed by atoms with Gasteiger partial charge in [0.05, 0.1) is 0 Å². The molecule has 0 unspecified atom stereocenters. The van der Waals surface area contributed by atoms with Crippen LogP contribution in [-0.4, -0.2) is 17.2 Å². The van der Waals surface area contributed by atoms with Crippen LogP contribution >= 0.6 is 0 Å². The summed E-state index contributed by atoms with van der Waals surface area (Å²) in [5.41, 5.74) is 10.4. The highest BCUT2D eigenvalue weighted by Gasteiger charge is 2.36. The maximum absolute atomic E-state index is 9.84. The summed E-state index contributed by atoms with van der Waals surface area (Å²) in [6.45, 7) is 4.61. The summed E-state index contributed by atoms with van der Waals surface area (Å²) >= 11 is 0. The molecule has 5 aromatic rings. The van der Waals surface area contributed by atoms with Crippen molar-refractivity contribution < 1.29 is 10.0 Å². The molecule has 1 aliphatic rings. The molecule has 0 atom stereocenters. The molecule has 0 aliphatic heterocycles. The van der Waals surface area contributed by atoms with Gasteiger partial charge in [0.2, 0.25) is 0 Å². The van der Waals surface area contributed by atoms with Crippen molar-refractivity contribution in [2.45, 2.75) is 19.3 Å². The van der Waals surface area contributed by atoms with Crippen molar-refractivity contribution in [1.29, 1.82) is 0 Å². The van der Waals surface area contributed by atoms with Crippen molar-refractivity contribution in [2.24, 2.45) is 0 Å². The lowest BCUT2D eigenvalue weighted by Gasteiger charge is -2.23. The van der Waals surface area contributed by atoms with Gasteiger partial charge in [-0.05, 0) is 72.9 Å². The Morgan fingerprint density at radius 2 is 1.09 bits per heavy atom. The molecule has 0 aromatic heterocycles. The van der Waals surface area contributed by atoms with Crippen LogP contribution in [0.5, 0.6) is 0 Å². The Morgan fingerprint density at radius 3 is 1.76 bits per heavy atom. The zero-order valence-electron chi connectivity index (χ0n) is 19.3. The number of benzene rings is 5. The third kappa shape index (κ3) is 3.13. The average molecular weight is 440 g/mol. The average Bonchev–Trinajstić information content (AvgIpc) is 3.09. The predicted octanol–water partition coefficient (Wildman–Crippen LogP) is 6.16. The van der Waals surface area contributed by atoms with Crippen LogP contribution < -0.4 is 5.46 Å². The van der Waals surface area contributed by atoms with Gasteiger partial charge in [0.15, 0.2) is 0 Å². The molecule has 0 radical (unpaired) electrons. The van der Waals surface area contributed by atoms with Gasteiger partial charge in [0.1, 0.15) is 0 Å². The molecule has 0 heterocycles. The van der Waals surface area contributed by atoms with Gasteiger partial charge in [-0.2, -0.15) is 0 Å². The van der Waals surface area contributed by atoms with Crippen molar-refractivity contribution >= 4 is 23.4 Å². The molecule has 2 nitrogen and oxygen atoms in total. The topological polar surface area (TPSA) is 40.5 Å². The van der Waals surface area contributed by atoms with Crippen LogP contribution in [0, 0.1) is 0 Å². The van der Waals surface area contributed by atoms with Crippen molar-refractivity contribution in [3.8, 4) is 33.4 Å². The summed E-state index contributed by atoms with van der Waals surface area (Å²) in [7, 11) is -1.49. The van der Waals surface area contributed by atoms with Crippen LogP contribution in [0.4, 0.5) is 0 Å². The van der Waals surface area contributed by atoms with E-state index in [-0.39, 0.29) is 5.41 Å². The third-order valence-electron chi connectivity index (χ3n) is 7.33. The second kappa shape index (κ2) is 7.70. The zero-order valence-corrected chi connectivity index (χ0v) is 19.3. The second-order valence-electron chi connectivity index (χ2n) is 9.63. The van der Waals surface area contributed by atoms with Gasteiger partial charge < -0.3 is 10.0 Å². The summed E-state index contributed by atoms with van der Waals surface area (Å²) in [4.78, 5) is 0. The summed E-state index contributed by atoms with van der Waals surface area (Å²) in [6.07, 6.45) is 0. The first-order valence-corrected chi connectivity index (χ1v) is 11.7. The fraction of sp³-hybridized carbons (Fsp3) is 0.0968. The van der Waals surface area contributed by atoms with Gasteiger partial charge in [-0.15, -0.1) is 0 Å². The minimum Gasteiger partial charge on any atom is -0.423 e. The van der Waals surface area contributed by atoms with E-state index in [1.807, 2.05) is 30.3 Å². The summed E-state index contributed by atoms with van der Waals surface area (Å²) < 4.78 is 0. The van der Waals surface area contributed by atoms with Gasteiger partial charge in [-0.1, -0.05) is 105 Å². The van der Waals surface area contributed by atoms with Crippen LogP contribution in [0.15, 0.2) is 103 Å². The van der Waals surface area contributed by atoms with Crippen molar-refractivity contribution in [3.63, 3.8) is 0 Å². The second-order valence-corrected chi connectivity index (χ2v) is 9.63. The summed E-state index contributed by atoms with van der Waals surface area (Å²) in [5.74, 6) is 0. The highest BCUT2D eigenvalue weighted by Crippen LogP contribution is 2.50. The minimum atomic E-state index is -1.49. The Morgan fingerprint density at radius 1 is 0.529 bits per heavy atom. The molecule has 1 aliphatic carbocycles. The normalized spacial score (nSPS) is 13.5. The fourth-order valence-corrected chi connectivity index (χ4v) is 5.51. The number of rotatable bonds is 3. The zero-order chi connectivity index (χ0) is 23.4. The van der Waals surface area contributed by atoms with E-state index in [1.165, 1.54) is 33.4 Å². The minimum absolute atomic E-state index is 0.123. The molecular formula is C31H25BO2. The molecule has 34 heavy (non-hydrogen) atoms. The van der Waals surface area contributed by atoms with Crippen LogP contribution in [0.3, 0.4) is 0 Å². The molecule has 3 heteroatoms. The molecule has 0 saturated heterocycles.